The number of nitrogens with two attached hydrogens (primary N) is 1. The van der Waals surface area contributed by atoms with E-state index in [0.29, 0.717) is 16.9 Å². The van der Waals surface area contributed by atoms with Crippen LogP contribution in [0, 0.1) is 0 Å². The molecule has 94 valence electrons. The van der Waals surface area contributed by atoms with Gasteiger partial charge >= 0.3 is 5.97 Å². The van der Waals surface area contributed by atoms with Gasteiger partial charge in [-0.3, -0.25) is 4.68 Å². The highest BCUT2D eigenvalue weighted by atomic mass is 16.5. The highest BCUT2D eigenvalue weighted by Crippen LogP contribution is 2.35. The molecule has 1 heterocycles. The fraction of sp³-hybridized carbons (Fsp3) is 0.167. The van der Waals surface area contributed by atoms with Crippen molar-refractivity contribution < 1.29 is 14.6 Å². The van der Waals surface area contributed by atoms with Crippen molar-refractivity contribution in [1.29, 1.82) is 0 Å². The standard InChI is InChI=1S/C12H13N3O3/c1-15-11(13)9(10(14-15)12(16)17)7-5-3-4-6-8(7)18-2/h3-6H,13H2,1-2H3,(H,16,17). The normalized spacial score (nSPS) is 10.3. The summed E-state index contributed by atoms with van der Waals surface area (Å²) in [4.78, 5) is 11.2. The van der Waals surface area contributed by atoms with Crippen LogP contribution >= 0.6 is 0 Å². The van der Waals surface area contributed by atoms with Gasteiger partial charge in [0.15, 0.2) is 5.69 Å². The Morgan fingerprint density at radius 1 is 1.44 bits per heavy atom. The summed E-state index contributed by atoms with van der Waals surface area (Å²) in [7, 11) is 3.12. The van der Waals surface area contributed by atoms with Crippen LogP contribution in [0.2, 0.25) is 0 Å². The molecule has 0 saturated heterocycles. The second-order valence-electron chi connectivity index (χ2n) is 3.74. The topological polar surface area (TPSA) is 90.4 Å². The summed E-state index contributed by atoms with van der Waals surface area (Å²) in [6, 6.07) is 7.08. The molecule has 6 heteroatoms. The van der Waals surface area contributed by atoms with Gasteiger partial charge < -0.3 is 15.6 Å². The van der Waals surface area contributed by atoms with Crippen molar-refractivity contribution in [3.8, 4) is 16.9 Å². The number of methoxy groups -OCH3 is 1. The maximum atomic E-state index is 11.2. The van der Waals surface area contributed by atoms with Crippen molar-refractivity contribution in [3.63, 3.8) is 0 Å². The predicted octanol–water partition coefficient (Wildman–Crippen LogP) is 1.38. The lowest BCUT2D eigenvalue weighted by molar-refractivity contribution is 0.0690. The van der Waals surface area contributed by atoms with E-state index in [4.69, 9.17) is 15.6 Å². The summed E-state index contributed by atoms with van der Waals surface area (Å²) < 4.78 is 6.55. The Balaban J connectivity index is 2.74. The van der Waals surface area contributed by atoms with E-state index < -0.39 is 5.97 Å². The number of nitrogen functional groups attached to an aromatic ring is 1. The first kappa shape index (κ1) is 12.0. The largest absolute Gasteiger partial charge is 0.496 e. The number of aromatic nitrogens is 2. The van der Waals surface area contributed by atoms with Gasteiger partial charge in [0.1, 0.15) is 11.6 Å². The molecule has 0 aliphatic carbocycles. The maximum Gasteiger partial charge on any atom is 0.357 e. The lowest BCUT2D eigenvalue weighted by Crippen LogP contribution is -2.01. The lowest BCUT2D eigenvalue weighted by Gasteiger charge is -2.08. The van der Waals surface area contributed by atoms with Crippen molar-refractivity contribution in [1.82, 2.24) is 9.78 Å². The minimum Gasteiger partial charge on any atom is -0.496 e. The monoisotopic (exact) mass is 247 g/mol. The van der Waals surface area contributed by atoms with Crippen molar-refractivity contribution in [2.45, 2.75) is 0 Å². The quantitative estimate of drug-likeness (QED) is 0.855. The number of aryl methyl sites for hydroxylation is 1. The van der Waals surface area contributed by atoms with E-state index >= 15 is 0 Å². The van der Waals surface area contributed by atoms with Crippen LogP contribution in [-0.2, 0) is 7.05 Å². The molecule has 0 radical (unpaired) electrons. The van der Waals surface area contributed by atoms with Crippen molar-refractivity contribution in [3.05, 3.63) is 30.0 Å². The number of carboxylic acids is 1. The van der Waals surface area contributed by atoms with Crippen molar-refractivity contribution in [2.24, 2.45) is 7.05 Å². The molecule has 0 bridgehead atoms. The molecule has 0 saturated carbocycles. The Morgan fingerprint density at radius 2 is 2.11 bits per heavy atom. The fourth-order valence-electron chi connectivity index (χ4n) is 1.80. The fourth-order valence-corrected chi connectivity index (χ4v) is 1.80. The molecule has 2 aromatic rings. The first-order chi connectivity index (χ1) is 8.56. The number of benzene rings is 1. The van der Waals surface area contributed by atoms with Crippen LogP contribution in [0.25, 0.3) is 11.1 Å². The lowest BCUT2D eigenvalue weighted by atomic mass is 10.0. The number of hydrogen-bond donors (Lipinski definition) is 2. The summed E-state index contributed by atoms with van der Waals surface area (Å²) in [5.41, 5.74) is 6.79. The number of aromatic carboxylic acids is 1. The number of anilines is 1. The van der Waals surface area contributed by atoms with Crippen molar-refractivity contribution >= 4 is 11.8 Å². The summed E-state index contributed by atoms with van der Waals surface area (Å²) in [6.07, 6.45) is 0. The minimum absolute atomic E-state index is 0.0838. The third-order valence-electron chi connectivity index (χ3n) is 2.67. The van der Waals surface area contributed by atoms with Gasteiger partial charge in [0.2, 0.25) is 0 Å². The zero-order valence-electron chi connectivity index (χ0n) is 10.0. The number of carbonyl (C=O) groups is 1. The average molecular weight is 247 g/mol. The van der Waals surface area contributed by atoms with Crippen LogP contribution in [0.15, 0.2) is 24.3 Å². The minimum atomic E-state index is -1.12. The highest BCUT2D eigenvalue weighted by Gasteiger charge is 2.23. The smallest absolute Gasteiger partial charge is 0.357 e. The van der Waals surface area contributed by atoms with E-state index in [9.17, 15) is 4.79 Å². The van der Waals surface area contributed by atoms with Crippen LogP contribution in [0.4, 0.5) is 5.82 Å². The second kappa shape index (κ2) is 4.40. The molecule has 6 nitrogen and oxygen atoms in total. The first-order valence-electron chi connectivity index (χ1n) is 5.25. The molecule has 2 rings (SSSR count). The number of ether oxygens (including phenoxy) is 1. The van der Waals surface area contributed by atoms with Crippen molar-refractivity contribution in [2.75, 3.05) is 12.8 Å². The summed E-state index contributed by atoms with van der Waals surface area (Å²) in [5, 5.41) is 13.1. The zero-order chi connectivity index (χ0) is 13.3. The Labute approximate surface area is 104 Å². The third kappa shape index (κ3) is 1.77. The Hall–Kier alpha value is -2.50. The molecule has 3 N–H and O–H groups in total. The molecule has 0 unspecified atom stereocenters. The average Bonchev–Trinajstić information content (AvgIpc) is 2.66. The molecule has 0 spiro atoms. The number of nitrogens with zero attached hydrogens (tertiary/aromatic N) is 2. The van der Waals surface area contributed by atoms with Gasteiger partial charge in [-0.15, -0.1) is 0 Å². The zero-order valence-corrected chi connectivity index (χ0v) is 10.0. The molecular formula is C12H13N3O3. The molecule has 0 fully saturated rings. The van der Waals surface area contributed by atoms with Crippen LogP contribution in [0.5, 0.6) is 5.75 Å². The highest BCUT2D eigenvalue weighted by molar-refractivity contribution is 5.98. The Kier molecular flexibility index (Phi) is 2.93. The second-order valence-corrected chi connectivity index (χ2v) is 3.74. The number of rotatable bonds is 3. The van der Waals surface area contributed by atoms with Gasteiger partial charge in [-0.1, -0.05) is 18.2 Å². The molecule has 18 heavy (non-hydrogen) atoms. The maximum absolute atomic E-state index is 11.2. The van der Waals surface area contributed by atoms with E-state index in [2.05, 4.69) is 5.10 Å². The van der Waals surface area contributed by atoms with Gasteiger partial charge in [0, 0.05) is 12.6 Å². The Bertz CT molecular complexity index is 605. The molecular weight excluding hydrogens is 234 g/mol. The summed E-state index contributed by atoms with van der Waals surface area (Å²) >= 11 is 0. The van der Waals surface area contributed by atoms with Crippen LogP contribution in [0.1, 0.15) is 10.5 Å². The van der Waals surface area contributed by atoms with E-state index in [1.165, 1.54) is 11.8 Å². The van der Waals surface area contributed by atoms with Gasteiger partial charge in [-0.05, 0) is 6.07 Å². The van der Waals surface area contributed by atoms with Gasteiger partial charge in [0.25, 0.3) is 0 Å². The van der Waals surface area contributed by atoms with E-state index in [-0.39, 0.29) is 11.5 Å². The van der Waals surface area contributed by atoms with Gasteiger partial charge in [-0.2, -0.15) is 5.10 Å². The van der Waals surface area contributed by atoms with E-state index in [1.807, 2.05) is 0 Å². The molecule has 0 aliphatic rings. The van der Waals surface area contributed by atoms with Gasteiger partial charge in [0.05, 0.1) is 12.7 Å². The molecule has 1 aromatic heterocycles. The summed E-state index contributed by atoms with van der Waals surface area (Å²) in [5.74, 6) is -0.278. The van der Waals surface area contributed by atoms with Crippen LogP contribution < -0.4 is 10.5 Å². The first-order valence-corrected chi connectivity index (χ1v) is 5.25. The number of para-hydroxylation sites is 1. The third-order valence-corrected chi connectivity index (χ3v) is 2.67. The molecule has 1 aromatic carbocycles. The van der Waals surface area contributed by atoms with Crippen LogP contribution in [-0.4, -0.2) is 28.0 Å². The van der Waals surface area contributed by atoms with E-state index in [1.54, 1.807) is 31.3 Å². The Morgan fingerprint density at radius 3 is 2.72 bits per heavy atom. The molecule has 0 aliphatic heterocycles. The number of hydrogen-bond acceptors (Lipinski definition) is 4. The SMILES string of the molecule is COc1ccccc1-c1c(C(=O)O)nn(C)c1N. The molecule has 0 amide bonds. The molecule has 0 atom stereocenters. The summed E-state index contributed by atoms with van der Waals surface area (Å²) in [6.45, 7) is 0. The predicted molar refractivity (Wildman–Crippen MR) is 66.6 cm³/mol. The van der Waals surface area contributed by atoms with Gasteiger partial charge in [-0.25, -0.2) is 4.79 Å². The van der Waals surface area contributed by atoms with E-state index in [0.717, 1.165) is 0 Å². The van der Waals surface area contributed by atoms with Crippen LogP contribution in [0.3, 0.4) is 0 Å². The number of carboxylic acid groups (broad SMARTS) is 1.